The highest BCUT2D eigenvalue weighted by Crippen LogP contribution is 2.44. The molecule has 35 heavy (non-hydrogen) atoms. The number of aliphatic hydroxyl groups excluding tert-OH is 1. The summed E-state index contributed by atoms with van der Waals surface area (Å²) in [7, 11) is 0. The summed E-state index contributed by atoms with van der Waals surface area (Å²) < 4.78 is 6.72. The monoisotopic (exact) mass is 485 g/mol. The van der Waals surface area contributed by atoms with E-state index < -0.39 is 17.7 Å². The minimum atomic E-state index is -0.866. The van der Waals surface area contributed by atoms with Gasteiger partial charge < -0.3 is 9.84 Å². The first kappa shape index (κ1) is 22.7. The molecule has 1 aliphatic rings. The first-order valence-corrected chi connectivity index (χ1v) is 12.1. The highest BCUT2D eigenvalue weighted by Gasteiger charge is 2.48. The topological polar surface area (TPSA) is 92.6 Å². The number of hydrogen-bond acceptors (Lipinski definition) is 7. The van der Waals surface area contributed by atoms with Gasteiger partial charge in [-0.1, -0.05) is 36.5 Å². The van der Waals surface area contributed by atoms with Crippen LogP contribution in [0, 0.1) is 6.92 Å². The number of aromatic nitrogens is 2. The van der Waals surface area contributed by atoms with Gasteiger partial charge in [-0.05, 0) is 60.9 Å². The van der Waals surface area contributed by atoms with Gasteiger partial charge in [0.2, 0.25) is 0 Å². The third-order valence-corrected chi connectivity index (χ3v) is 6.80. The predicted molar refractivity (Wildman–Crippen MR) is 136 cm³/mol. The van der Waals surface area contributed by atoms with E-state index in [1.165, 1.54) is 28.6 Å². The van der Waals surface area contributed by atoms with Crippen LogP contribution in [0.25, 0.3) is 16.0 Å². The molecular formula is C27H23N3O4S. The van der Waals surface area contributed by atoms with Gasteiger partial charge in [-0.15, -0.1) is 0 Å². The van der Waals surface area contributed by atoms with Crippen LogP contribution in [-0.2, 0) is 9.59 Å². The maximum atomic E-state index is 13.4. The zero-order chi connectivity index (χ0) is 24.5. The Morgan fingerprint density at radius 1 is 1.11 bits per heavy atom. The van der Waals surface area contributed by atoms with Crippen LogP contribution in [0.15, 0.2) is 72.6 Å². The Labute approximate surface area is 206 Å². The largest absolute Gasteiger partial charge is 0.507 e. The zero-order valence-electron chi connectivity index (χ0n) is 19.3. The number of carbonyl (C=O) groups excluding carboxylic acids is 2. The lowest BCUT2D eigenvalue weighted by molar-refractivity contribution is -0.132. The number of rotatable bonds is 6. The smallest absolute Gasteiger partial charge is 0.301 e. The third-order valence-electron chi connectivity index (χ3n) is 5.78. The third kappa shape index (κ3) is 4.17. The Morgan fingerprint density at radius 2 is 1.91 bits per heavy atom. The molecule has 0 aliphatic carbocycles. The van der Waals surface area contributed by atoms with Crippen LogP contribution >= 0.6 is 11.3 Å². The number of anilines is 1. The minimum absolute atomic E-state index is 0.00396. The molecule has 1 aliphatic heterocycles. The van der Waals surface area contributed by atoms with Gasteiger partial charge >= 0.3 is 5.91 Å². The average Bonchev–Trinajstić information content (AvgIpc) is 3.40. The molecule has 1 unspecified atom stereocenters. The van der Waals surface area contributed by atoms with Crippen molar-refractivity contribution in [1.29, 1.82) is 0 Å². The van der Waals surface area contributed by atoms with Gasteiger partial charge in [0.05, 0.1) is 28.4 Å². The van der Waals surface area contributed by atoms with Crippen LogP contribution < -0.4 is 9.64 Å². The van der Waals surface area contributed by atoms with Crippen molar-refractivity contribution in [2.45, 2.75) is 26.3 Å². The second-order valence-electron chi connectivity index (χ2n) is 8.29. The second-order valence-corrected chi connectivity index (χ2v) is 9.30. The number of ketones is 1. The lowest BCUT2D eigenvalue weighted by Crippen LogP contribution is -2.29. The summed E-state index contributed by atoms with van der Waals surface area (Å²) in [5.41, 5.74) is 2.87. The highest BCUT2D eigenvalue weighted by atomic mass is 32.1. The van der Waals surface area contributed by atoms with Crippen molar-refractivity contribution in [2.75, 3.05) is 11.5 Å². The van der Waals surface area contributed by atoms with Crippen LogP contribution in [0.4, 0.5) is 5.13 Å². The number of benzene rings is 2. The molecule has 1 amide bonds. The number of pyridine rings is 1. The Morgan fingerprint density at radius 3 is 2.69 bits per heavy atom. The van der Waals surface area contributed by atoms with Crippen molar-refractivity contribution in [3.05, 3.63) is 89.3 Å². The van der Waals surface area contributed by atoms with Crippen LogP contribution in [0.5, 0.6) is 5.75 Å². The van der Waals surface area contributed by atoms with Crippen LogP contribution in [-0.4, -0.2) is 33.4 Å². The van der Waals surface area contributed by atoms with Gasteiger partial charge in [0.15, 0.2) is 5.13 Å². The molecule has 0 spiro atoms. The zero-order valence-corrected chi connectivity index (χ0v) is 20.1. The molecule has 1 saturated heterocycles. The number of nitrogens with zero attached hydrogens (tertiary/aromatic N) is 3. The van der Waals surface area contributed by atoms with E-state index in [2.05, 4.69) is 9.97 Å². The fraction of sp³-hybridized carbons (Fsp3) is 0.185. The average molecular weight is 486 g/mol. The van der Waals surface area contributed by atoms with Gasteiger partial charge in [0.25, 0.3) is 5.78 Å². The number of hydrogen-bond donors (Lipinski definition) is 1. The van der Waals surface area contributed by atoms with E-state index in [0.29, 0.717) is 28.6 Å². The lowest BCUT2D eigenvalue weighted by atomic mass is 9.95. The maximum Gasteiger partial charge on any atom is 0.301 e. The molecule has 0 bridgehead atoms. The molecule has 176 valence electrons. The molecule has 5 rings (SSSR count). The first-order valence-electron chi connectivity index (χ1n) is 11.3. The van der Waals surface area contributed by atoms with E-state index in [1.807, 2.05) is 50.2 Å². The minimum Gasteiger partial charge on any atom is -0.507 e. The van der Waals surface area contributed by atoms with E-state index in [4.69, 9.17) is 4.74 Å². The summed E-state index contributed by atoms with van der Waals surface area (Å²) in [6.45, 7) is 4.54. The van der Waals surface area contributed by atoms with Gasteiger partial charge in [0.1, 0.15) is 11.5 Å². The first-order chi connectivity index (χ1) is 17.0. The molecule has 2 aromatic carbocycles. The summed E-state index contributed by atoms with van der Waals surface area (Å²) >= 11 is 1.34. The molecule has 1 atom stereocenters. The van der Waals surface area contributed by atoms with Crippen LogP contribution in [0.3, 0.4) is 0 Å². The number of aryl methyl sites for hydroxylation is 1. The standard InChI is InChI=1S/C27H23N3O4S/c1-3-13-34-19-6-4-5-18(15-19)23-22(24(31)17-9-11-28-12-10-17)25(32)26(33)30(23)27-29-20-8-7-16(2)14-21(20)35-27/h4-12,14-15,23,31H,3,13H2,1-2H3/b24-22+. The van der Waals surface area contributed by atoms with Gasteiger partial charge in [0, 0.05) is 18.0 Å². The number of amides is 1. The molecular weight excluding hydrogens is 462 g/mol. The number of thiazole rings is 1. The summed E-state index contributed by atoms with van der Waals surface area (Å²) in [6, 6.07) is 15.4. The number of aliphatic hydroxyl groups is 1. The Balaban J connectivity index is 1.70. The second kappa shape index (κ2) is 9.31. The van der Waals surface area contributed by atoms with E-state index in [-0.39, 0.29) is 11.3 Å². The van der Waals surface area contributed by atoms with Gasteiger partial charge in [-0.3, -0.25) is 19.5 Å². The maximum absolute atomic E-state index is 13.4. The Kier molecular flexibility index (Phi) is 6.05. The van der Waals surface area contributed by atoms with Crippen molar-refractivity contribution in [3.63, 3.8) is 0 Å². The molecule has 3 heterocycles. The number of Topliss-reactive ketones (excluding diaryl/α,β-unsaturated/α-hetero) is 1. The summed E-state index contributed by atoms with van der Waals surface area (Å²) in [4.78, 5) is 36.7. The number of ether oxygens (including phenoxy) is 1. The van der Waals surface area contributed by atoms with E-state index in [1.54, 1.807) is 18.2 Å². The number of carbonyl (C=O) groups is 2. The Bertz CT molecular complexity index is 1460. The molecule has 1 fully saturated rings. The molecule has 7 nitrogen and oxygen atoms in total. The SMILES string of the molecule is CCCOc1cccc(C2/C(=C(\O)c3ccncc3)C(=O)C(=O)N2c2nc3ccc(C)cc3s2)c1. The van der Waals surface area contributed by atoms with E-state index in [9.17, 15) is 14.7 Å². The molecule has 0 radical (unpaired) electrons. The predicted octanol–water partition coefficient (Wildman–Crippen LogP) is 5.41. The number of fused-ring (bicyclic) bond motifs is 1. The molecule has 4 aromatic rings. The van der Waals surface area contributed by atoms with Crippen molar-refractivity contribution < 1.29 is 19.4 Å². The van der Waals surface area contributed by atoms with E-state index >= 15 is 0 Å². The molecule has 2 aromatic heterocycles. The molecule has 8 heteroatoms. The van der Waals surface area contributed by atoms with Crippen LogP contribution in [0.2, 0.25) is 0 Å². The summed E-state index contributed by atoms with van der Waals surface area (Å²) in [5.74, 6) is -1.13. The lowest BCUT2D eigenvalue weighted by Gasteiger charge is -2.23. The van der Waals surface area contributed by atoms with Gasteiger partial charge in [-0.25, -0.2) is 4.98 Å². The highest BCUT2D eigenvalue weighted by molar-refractivity contribution is 7.22. The van der Waals surface area contributed by atoms with Crippen molar-refractivity contribution in [2.24, 2.45) is 0 Å². The van der Waals surface area contributed by atoms with Crippen molar-refractivity contribution in [3.8, 4) is 5.75 Å². The van der Waals surface area contributed by atoms with Crippen LogP contribution in [0.1, 0.15) is 36.1 Å². The summed E-state index contributed by atoms with van der Waals surface area (Å²) in [6.07, 6.45) is 3.89. The normalized spacial score (nSPS) is 17.3. The Hall–Kier alpha value is -4.04. The molecule has 1 N–H and O–H groups in total. The quantitative estimate of drug-likeness (QED) is 0.223. The van der Waals surface area contributed by atoms with Crippen molar-refractivity contribution in [1.82, 2.24) is 9.97 Å². The van der Waals surface area contributed by atoms with Crippen molar-refractivity contribution >= 4 is 44.1 Å². The molecule has 0 saturated carbocycles. The van der Waals surface area contributed by atoms with Gasteiger partial charge in [-0.2, -0.15) is 0 Å². The summed E-state index contributed by atoms with van der Waals surface area (Å²) in [5, 5.41) is 11.6. The van der Waals surface area contributed by atoms with E-state index in [0.717, 1.165) is 22.2 Å². The fourth-order valence-electron chi connectivity index (χ4n) is 4.13. The fourth-order valence-corrected chi connectivity index (χ4v) is 5.22.